The number of amides is 1. The van der Waals surface area contributed by atoms with E-state index in [0.717, 1.165) is 43.0 Å². The molecule has 214 valence electrons. The molecule has 0 radical (unpaired) electrons. The topological polar surface area (TPSA) is 91.4 Å². The number of nitrogens with zero attached hydrogens (tertiary/aromatic N) is 3. The van der Waals surface area contributed by atoms with Gasteiger partial charge in [0.1, 0.15) is 23.0 Å². The minimum absolute atomic E-state index is 0.104. The Morgan fingerprint density at radius 3 is 2.51 bits per heavy atom. The Morgan fingerprint density at radius 2 is 1.82 bits per heavy atom. The van der Waals surface area contributed by atoms with Crippen LogP contribution in [-0.4, -0.2) is 93.8 Å². The van der Waals surface area contributed by atoms with Crippen LogP contribution in [0.1, 0.15) is 18.4 Å². The van der Waals surface area contributed by atoms with E-state index in [9.17, 15) is 26.4 Å². The maximum absolute atomic E-state index is 13.0. The molecule has 4 rings (SSSR count). The monoisotopic (exact) mass is 570 g/mol. The smallest absolute Gasteiger partial charge is 0.492 e. The van der Waals surface area contributed by atoms with E-state index >= 15 is 0 Å². The van der Waals surface area contributed by atoms with Crippen molar-refractivity contribution in [3.63, 3.8) is 0 Å². The summed E-state index contributed by atoms with van der Waals surface area (Å²) in [5.41, 5.74) is 1.09. The van der Waals surface area contributed by atoms with Gasteiger partial charge >= 0.3 is 6.36 Å². The molecule has 2 aromatic carbocycles. The number of piperazine rings is 1. The van der Waals surface area contributed by atoms with Gasteiger partial charge in [0.15, 0.2) is 0 Å². The van der Waals surface area contributed by atoms with E-state index in [2.05, 4.69) is 19.9 Å². The zero-order valence-electron chi connectivity index (χ0n) is 21.7. The lowest BCUT2D eigenvalue weighted by molar-refractivity contribution is -0.275. The summed E-state index contributed by atoms with van der Waals surface area (Å²) in [5.74, 6) is 0.102. The normalized spacial score (nSPS) is 19.3. The summed E-state index contributed by atoms with van der Waals surface area (Å²) in [4.78, 5) is 15.1. The number of benzene rings is 2. The number of carbonyl (C=O) groups excluding carboxylic acids is 1. The number of sulfonamides is 1. The van der Waals surface area contributed by atoms with Crippen LogP contribution in [0.25, 0.3) is 0 Å². The highest BCUT2D eigenvalue weighted by Crippen LogP contribution is 2.31. The van der Waals surface area contributed by atoms with Gasteiger partial charge in [-0.15, -0.1) is 13.2 Å². The second-order valence-corrected chi connectivity index (χ2v) is 11.6. The van der Waals surface area contributed by atoms with Crippen molar-refractivity contribution >= 4 is 15.9 Å². The lowest BCUT2D eigenvalue weighted by Crippen LogP contribution is -2.49. The Hall–Kier alpha value is -2.87. The molecule has 1 amide bonds. The minimum atomic E-state index is -4.99. The fraction of sp³-hybridized carbons (Fsp3) is 0.500. The van der Waals surface area contributed by atoms with E-state index in [0.29, 0.717) is 32.7 Å². The fourth-order valence-electron chi connectivity index (χ4n) is 4.80. The SMILES string of the molecule is CN(Cc1cccc(OCCN2CCN(S(=O)(=O)c3ccccc3OC(F)(F)F)CC2)c1)CC1CCC(=O)N1. The molecule has 0 bridgehead atoms. The van der Waals surface area contributed by atoms with Gasteiger partial charge in [-0.25, -0.2) is 8.42 Å². The predicted molar refractivity (Wildman–Crippen MR) is 138 cm³/mol. The summed E-state index contributed by atoms with van der Waals surface area (Å²) in [5, 5.41) is 2.98. The van der Waals surface area contributed by atoms with Crippen LogP contribution in [0.2, 0.25) is 0 Å². The number of likely N-dealkylation sites (N-methyl/N-ethyl adjacent to an activating group) is 1. The van der Waals surface area contributed by atoms with Crippen molar-refractivity contribution in [3.05, 3.63) is 54.1 Å². The molecule has 2 fully saturated rings. The number of alkyl halides is 3. The van der Waals surface area contributed by atoms with Gasteiger partial charge in [-0.1, -0.05) is 24.3 Å². The van der Waals surface area contributed by atoms with Crippen LogP contribution in [-0.2, 0) is 21.4 Å². The lowest BCUT2D eigenvalue weighted by atomic mass is 10.1. The van der Waals surface area contributed by atoms with Crippen LogP contribution in [0, 0.1) is 0 Å². The van der Waals surface area contributed by atoms with Gasteiger partial charge < -0.3 is 19.7 Å². The highest BCUT2D eigenvalue weighted by atomic mass is 32.2. The molecule has 2 aliphatic heterocycles. The third-order valence-corrected chi connectivity index (χ3v) is 8.61. The summed E-state index contributed by atoms with van der Waals surface area (Å²) in [7, 11) is -2.14. The second kappa shape index (κ2) is 12.5. The summed E-state index contributed by atoms with van der Waals surface area (Å²) in [6.07, 6.45) is -3.56. The Morgan fingerprint density at radius 1 is 1.08 bits per heavy atom. The third kappa shape index (κ3) is 8.31. The van der Waals surface area contributed by atoms with Crippen molar-refractivity contribution in [2.24, 2.45) is 0 Å². The van der Waals surface area contributed by atoms with Crippen LogP contribution in [0.5, 0.6) is 11.5 Å². The van der Waals surface area contributed by atoms with E-state index in [1.54, 1.807) is 0 Å². The quantitative estimate of drug-likeness (QED) is 0.444. The van der Waals surface area contributed by atoms with Crippen LogP contribution >= 0.6 is 0 Å². The molecule has 0 aliphatic carbocycles. The van der Waals surface area contributed by atoms with Crippen LogP contribution < -0.4 is 14.8 Å². The first kappa shape index (κ1) is 29.1. The zero-order valence-corrected chi connectivity index (χ0v) is 22.5. The highest BCUT2D eigenvalue weighted by Gasteiger charge is 2.36. The first-order chi connectivity index (χ1) is 18.5. The molecule has 0 aromatic heterocycles. The Kier molecular flexibility index (Phi) is 9.36. The van der Waals surface area contributed by atoms with Crippen LogP contribution in [0.15, 0.2) is 53.4 Å². The van der Waals surface area contributed by atoms with Crippen LogP contribution in [0.4, 0.5) is 13.2 Å². The van der Waals surface area contributed by atoms with E-state index in [1.807, 2.05) is 31.3 Å². The van der Waals surface area contributed by atoms with Gasteiger partial charge in [0.25, 0.3) is 0 Å². The average molecular weight is 571 g/mol. The van der Waals surface area contributed by atoms with Gasteiger partial charge in [-0.05, 0) is 43.3 Å². The fourth-order valence-corrected chi connectivity index (χ4v) is 6.33. The van der Waals surface area contributed by atoms with E-state index in [-0.39, 0.29) is 25.0 Å². The van der Waals surface area contributed by atoms with Crippen molar-refractivity contribution < 1.29 is 35.9 Å². The van der Waals surface area contributed by atoms with Gasteiger partial charge in [0.05, 0.1) is 0 Å². The lowest BCUT2D eigenvalue weighted by Gasteiger charge is -2.34. The molecule has 1 N–H and O–H groups in total. The van der Waals surface area contributed by atoms with Crippen molar-refractivity contribution in [1.29, 1.82) is 0 Å². The summed E-state index contributed by atoms with van der Waals surface area (Å²) >= 11 is 0. The molecule has 1 unspecified atom stereocenters. The van der Waals surface area contributed by atoms with Crippen molar-refractivity contribution in [2.75, 3.05) is 52.9 Å². The van der Waals surface area contributed by atoms with E-state index < -0.39 is 27.0 Å². The molecular weight excluding hydrogens is 537 g/mol. The summed E-state index contributed by atoms with van der Waals surface area (Å²) in [6, 6.07) is 12.8. The first-order valence-electron chi connectivity index (χ1n) is 12.8. The molecule has 1 atom stereocenters. The van der Waals surface area contributed by atoms with Gasteiger partial charge in [0, 0.05) is 58.3 Å². The molecule has 2 aliphatic rings. The standard InChI is InChI=1S/C26H33F3N4O5S/c1-31(19-21-9-10-25(34)30-21)18-20-5-4-6-22(17-20)37-16-15-32-11-13-33(14-12-32)39(35,36)24-8-3-2-7-23(24)38-26(27,28)29/h2-8,17,21H,9-16,18-19H2,1H3,(H,30,34). The number of hydrogen-bond acceptors (Lipinski definition) is 7. The van der Waals surface area contributed by atoms with Crippen molar-refractivity contribution in [2.45, 2.75) is 36.7 Å². The minimum Gasteiger partial charge on any atom is -0.492 e. The molecule has 0 spiro atoms. The third-order valence-electron chi connectivity index (χ3n) is 6.67. The van der Waals surface area contributed by atoms with Gasteiger partial charge in [-0.3, -0.25) is 9.69 Å². The molecule has 0 saturated carbocycles. The predicted octanol–water partition coefficient (Wildman–Crippen LogP) is 2.68. The average Bonchev–Trinajstić information content (AvgIpc) is 3.28. The maximum Gasteiger partial charge on any atom is 0.573 e. The molecule has 2 saturated heterocycles. The van der Waals surface area contributed by atoms with Crippen molar-refractivity contribution in [1.82, 2.24) is 19.4 Å². The van der Waals surface area contributed by atoms with Crippen molar-refractivity contribution in [3.8, 4) is 11.5 Å². The number of halogens is 3. The summed E-state index contributed by atoms with van der Waals surface area (Å²) in [6.45, 7) is 3.62. The second-order valence-electron chi connectivity index (χ2n) is 9.74. The highest BCUT2D eigenvalue weighted by molar-refractivity contribution is 7.89. The Labute approximate surface area is 226 Å². The van der Waals surface area contributed by atoms with Gasteiger partial charge in [0.2, 0.25) is 15.9 Å². The number of carbonyl (C=O) groups is 1. The molecule has 2 heterocycles. The largest absolute Gasteiger partial charge is 0.573 e. The van der Waals surface area contributed by atoms with E-state index in [4.69, 9.17) is 4.74 Å². The number of ether oxygens (including phenoxy) is 2. The number of para-hydroxylation sites is 1. The first-order valence-corrected chi connectivity index (χ1v) is 14.2. The molecule has 9 nitrogen and oxygen atoms in total. The zero-order chi connectivity index (χ0) is 28.0. The number of nitrogens with one attached hydrogen (secondary N) is 1. The number of rotatable bonds is 11. The maximum atomic E-state index is 13.0. The Balaban J connectivity index is 1.23. The molecule has 39 heavy (non-hydrogen) atoms. The number of hydrogen-bond donors (Lipinski definition) is 1. The van der Waals surface area contributed by atoms with Gasteiger partial charge in [-0.2, -0.15) is 4.31 Å². The van der Waals surface area contributed by atoms with E-state index in [1.165, 1.54) is 16.4 Å². The molecule has 13 heteroatoms. The van der Waals surface area contributed by atoms with Crippen LogP contribution in [0.3, 0.4) is 0 Å². The summed E-state index contributed by atoms with van der Waals surface area (Å²) < 4.78 is 75.3. The molecule has 2 aromatic rings. The molecular formula is C26H33F3N4O5S. The Bertz CT molecular complexity index is 1240.